The van der Waals surface area contributed by atoms with E-state index in [-0.39, 0.29) is 0 Å². The van der Waals surface area contributed by atoms with Crippen molar-refractivity contribution in [1.29, 1.82) is 0 Å². The molecule has 0 aromatic heterocycles. The number of fused-ring (bicyclic) bond motifs is 1. The van der Waals surface area contributed by atoms with Crippen LogP contribution in [0, 0.1) is 6.92 Å². The number of rotatable bonds is 2. The number of quaternary nitrogens is 1. The fourth-order valence-electron chi connectivity index (χ4n) is 2.16. The lowest BCUT2D eigenvalue weighted by atomic mass is 10.00. The molecule has 84 valence electrons. The molecule has 0 atom stereocenters. The van der Waals surface area contributed by atoms with Crippen LogP contribution in [0.3, 0.4) is 0 Å². The summed E-state index contributed by atoms with van der Waals surface area (Å²) in [4.78, 5) is 0. The van der Waals surface area contributed by atoms with E-state index in [1.165, 1.54) is 21.9 Å². The van der Waals surface area contributed by atoms with Crippen LogP contribution in [0.5, 0.6) is 0 Å². The van der Waals surface area contributed by atoms with Gasteiger partial charge >= 0.3 is 0 Å². The molecule has 2 aromatic carbocycles. The highest BCUT2D eigenvalue weighted by Gasteiger charge is 2.11. The molecule has 0 N–H and O–H groups in total. The number of benzene rings is 2. The van der Waals surface area contributed by atoms with Crippen molar-refractivity contribution >= 4 is 10.8 Å². The topological polar surface area (TPSA) is 0 Å². The van der Waals surface area contributed by atoms with Gasteiger partial charge in [0.2, 0.25) is 0 Å². The predicted molar refractivity (Wildman–Crippen MR) is 70.4 cm³/mol. The zero-order chi connectivity index (χ0) is 11.8. The van der Waals surface area contributed by atoms with E-state index in [0.29, 0.717) is 0 Å². The Bertz CT molecular complexity index is 506. The maximum Gasteiger partial charge on any atom is 0.104 e. The molecule has 0 unspecified atom stereocenters. The highest BCUT2D eigenvalue weighted by atomic mass is 15.3. The normalized spacial score (nSPS) is 12.0. The summed E-state index contributed by atoms with van der Waals surface area (Å²) in [7, 11) is 6.69. The van der Waals surface area contributed by atoms with Crippen molar-refractivity contribution < 1.29 is 4.48 Å². The zero-order valence-corrected chi connectivity index (χ0v) is 10.6. The third-order valence-electron chi connectivity index (χ3n) is 2.88. The molecule has 1 heteroatoms. The monoisotopic (exact) mass is 214 g/mol. The molecule has 1 nitrogen and oxygen atoms in total. The second kappa shape index (κ2) is 3.91. The zero-order valence-electron chi connectivity index (χ0n) is 10.6. The first-order chi connectivity index (χ1) is 7.47. The Morgan fingerprint density at radius 3 is 2.12 bits per heavy atom. The smallest absolute Gasteiger partial charge is 0.104 e. The summed E-state index contributed by atoms with van der Waals surface area (Å²) in [6.07, 6.45) is 0. The molecule has 0 saturated heterocycles. The van der Waals surface area contributed by atoms with Gasteiger partial charge in [-0.1, -0.05) is 36.4 Å². The number of aryl methyl sites for hydroxylation is 1. The van der Waals surface area contributed by atoms with E-state index < -0.39 is 0 Å². The van der Waals surface area contributed by atoms with Crippen LogP contribution >= 0.6 is 0 Å². The van der Waals surface area contributed by atoms with Gasteiger partial charge < -0.3 is 4.48 Å². The molecular formula is C15H20N+. The Morgan fingerprint density at radius 2 is 1.50 bits per heavy atom. The van der Waals surface area contributed by atoms with Gasteiger partial charge in [0.05, 0.1) is 21.1 Å². The first kappa shape index (κ1) is 11.2. The van der Waals surface area contributed by atoms with Crippen LogP contribution in [-0.2, 0) is 6.54 Å². The van der Waals surface area contributed by atoms with Crippen molar-refractivity contribution in [1.82, 2.24) is 0 Å². The molecule has 0 fully saturated rings. The SMILES string of the molecule is Cc1ccc(C[N+](C)(C)C)c2ccccc12. The van der Waals surface area contributed by atoms with E-state index in [0.717, 1.165) is 11.0 Å². The van der Waals surface area contributed by atoms with E-state index >= 15 is 0 Å². The lowest BCUT2D eigenvalue weighted by Crippen LogP contribution is -2.33. The van der Waals surface area contributed by atoms with Crippen LogP contribution in [-0.4, -0.2) is 25.6 Å². The molecule has 0 heterocycles. The van der Waals surface area contributed by atoms with Gasteiger partial charge in [-0.05, 0) is 23.3 Å². The van der Waals surface area contributed by atoms with E-state index in [2.05, 4.69) is 64.5 Å². The molecule has 2 aromatic rings. The second-order valence-corrected chi connectivity index (χ2v) is 5.54. The van der Waals surface area contributed by atoms with Crippen LogP contribution < -0.4 is 0 Å². The maximum atomic E-state index is 2.27. The average molecular weight is 214 g/mol. The van der Waals surface area contributed by atoms with Gasteiger partial charge in [0.15, 0.2) is 0 Å². The minimum absolute atomic E-state index is 0.965. The third-order valence-corrected chi connectivity index (χ3v) is 2.88. The van der Waals surface area contributed by atoms with Crippen LogP contribution in [0.1, 0.15) is 11.1 Å². The molecule has 0 radical (unpaired) electrons. The molecule has 0 saturated carbocycles. The quantitative estimate of drug-likeness (QED) is 0.672. The van der Waals surface area contributed by atoms with Gasteiger partial charge in [-0.2, -0.15) is 0 Å². The molecule has 0 bridgehead atoms. The van der Waals surface area contributed by atoms with Crippen LogP contribution in [0.15, 0.2) is 36.4 Å². The fourth-order valence-corrected chi connectivity index (χ4v) is 2.16. The van der Waals surface area contributed by atoms with Crippen molar-refractivity contribution in [2.45, 2.75) is 13.5 Å². The van der Waals surface area contributed by atoms with Gasteiger partial charge in [0.25, 0.3) is 0 Å². The molecule has 0 spiro atoms. The van der Waals surface area contributed by atoms with Gasteiger partial charge in [-0.25, -0.2) is 0 Å². The Kier molecular flexibility index (Phi) is 2.73. The number of hydrogen-bond acceptors (Lipinski definition) is 0. The van der Waals surface area contributed by atoms with E-state index in [9.17, 15) is 0 Å². The third kappa shape index (κ3) is 2.25. The Balaban J connectivity index is 2.59. The minimum atomic E-state index is 0.965. The molecule has 0 aliphatic heterocycles. The van der Waals surface area contributed by atoms with Gasteiger partial charge in [0.1, 0.15) is 6.54 Å². The van der Waals surface area contributed by atoms with Gasteiger partial charge in [0, 0.05) is 5.56 Å². The summed E-state index contributed by atoms with van der Waals surface area (Å²) in [5.74, 6) is 0. The summed E-state index contributed by atoms with van der Waals surface area (Å²) < 4.78 is 0.965. The Morgan fingerprint density at radius 1 is 0.875 bits per heavy atom. The molecule has 0 aliphatic rings. The minimum Gasteiger partial charge on any atom is -0.327 e. The van der Waals surface area contributed by atoms with Gasteiger partial charge in [-0.3, -0.25) is 0 Å². The first-order valence-electron chi connectivity index (χ1n) is 5.75. The van der Waals surface area contributed by atoms with E-state index in [1.807, 2.05) is 0 Å². The van der Waals surface area contributed by atoms with Crippen molar-refractivity contribution in [2.24, 2.45) is 0 Å². The van der Waals surface area contributed by atoms with Crippen LogP contribution in [0.4, 0.5) is 0 Å². The van der Waals surface area contributed by atoms with Crippen LogP contribution in [0.2, 0.25) is 0 Å². The summed E-state index contributed by atoms with van der Waals surface area (Å²) in [6.45, 7) is 3.25. The summed E-state index contributed by atoms with van der Waals surface area (Å²) in [5.41, 5.74) is 2.80. The lowest BCUT2D eigenvalue weighted by molar-refractivity contribution is -0.883. The molecule has 0 aliphatic carbocycles. The van der Waals surface area contributed by atoms with E-state index in [4.69, 9.17) is 0 Å². The summed E-state index contributed by atoms with van der Waals surface area (Å²) in [5, 5.41) is 2.78. The molecular weight excluding hydrogens is 194 g/mol. The Hall–Kier alpha value is -1.34. The Labute approximate surface area is 97.9 Å². The standard InChI is InChI=1S/C15H20N/c1-12-9-10-13(11-16(2,3)4)15-8-6-5-7-14(12)15/h5-10H,11H2,1-4H3/q+1. The second-order valence-electron chi connectivity index (χ2n) is 5.54. The molecule has 0 amide bonds. The highest BCUT2D eigenvalue weighted by molar-refractivity contribution is 5.88. The number of nitrogens with zero attached hydrogens (tertiary/aromatic N) is 1. The lowest BCUT2D eigenvalue weighted by Gasteiger charge is -2.24. The van der Waals surface area contributed by atoms with E-state index in [1.54, 1.807) is 0 Å². The first-order valence-corrected chi connectivity index (χ1v) is 5.75. The fraction of sp³-hybridized carbons (Fsp3) is 0.333. The highest BCUT2D eigenvalue weighted by Crippen LogP contribution is 2.23. The number of hydrogen-bond donors (Lipinski definition) is 0. The van der Waals surface area contributed by atoms with Crippen LogP contribution in [0.25, 0.3) is 10.8 Å². The predicted octanol–water partition coefficient (Wildman–Crippen LogP) is 3.35. The van der Waals surface area contributed by atoms with Gasteiger partial charge in [-0.15, -0.1) is 0 Å². The maximum absolute atomic E-state index is 2.27. The van der Waals surface area contributed by atoms with Crippen molar-refractivity contribution in [3.63, 3.8) is 0 Å². The largest absolute Gasteiger partial charge is 0.327 e. The van der Waals surface area contributed by atoms with Crippen molar-refractivity contribution in [2.75, 3.05) is 21.1 Å². The average Bonchev–Trinajstić information content (AvgIpc) is 2.21. The molecule has 2 rings (SSSR count). The van der Waals surface area contributed by atoms with Crippen molar-refractivity contribution in [3.05, 3.63) is 47.5 Å². The summed E-state index contributed by atoms with van der Waals surface area (Å²) >= 11 is 0. The van der Waals surface area contributed by atoms with Crippen molar-refractivity contribution in [3.8, 4) is 0 Å². The molecule has 16 heavy (non-hydrogen) atoms. The summed E-state index contributed by atoms with van der Waals surface area (Å²) in [6, 6.07) is 13.2.